The summed E-state index contributed by atoms with van der Waals surface area (Å²) in [5.74, 6) is -0.252. The molecule has 0 radical (unpaired) electrons. The van der Waals surface area contributed by atoms with Crippen LogP contribution in [0.15, 0.2) is 30.6 Å². The normalized spacial score (nSPS) is 12.4. The fourth-order valence-corrected chi connectivity index (χ4v) is 1.64. The zero-order chi connectivity index (χ0) is 12.0. The fourth-order valence-electron chi connectivity index (χ4n) is 1.64. The fraction of sp³-hybridized carbons (Fsp3) is 0.462. The van der Waals surface area contributed by atoms with E-state index < -0.39 is 0 Å². The summed E-state index contributed by atoms with van der Waals surface area (Å²) in [6.45, 7) is 8.86. The van der Waals surface area contributed by atoms with E-state index in [0.29, 0.717) is 5.56 Å². The molecule has 0 aliphatic carbocycles. The van der Waals surface area contributed by atoms with Gasteiger partial charge in [0.2, 0.25) is 0 Å². The number of rotatable bonds is 6. The van der Waals surface area contributed by atoms with Gasteiger partial charge in [-0.2, -0.15) is 0 Å². The van der Waals surface area contributed by atoms with E-state index in [4.69, 9.17) is 0 Å². The third kappa shape index (κ3) is 3.42. The Kier molecular flexibility index (Phi) is 5.12. The number of hydrogen-bond acceptors (Lipinski definition) is 2. The Balaban J connectivity index is 2.85. The van der Waals surface area contributed by atoms with Gasteiger partial charge in [-0.25, -0.2) is 4.39 Å². The van der Waals surface area contributed by atoms with Crippen LogP contribution in [-0.4, -0.2) is 11.5 Å². The van der Waals surface area contributed by atoms with Gasteiger partial charge in [0, 0.05) is 17.8 Å². The van der Waals surface area contributed by atoms with Gasteiger partial charge in [0.1, 0.15) is 5.82 Å². The molecule has 0 fully saturated rings. The van der Waals surface area contributed by atoms with Crippen molar-refractivity contribution in [2.24, 2.45) is 0 Å². The molecule has 3 heteroatoms. The molecule has 1 aromatic rings. The van der Waals surface area contributed by atoms with Crippen molar-refractivity contribution in [1.29, 1.82) is 0 Å². The number of nitrogens with one attached hydrogen (secondary N) is 1. The van der Waals surface area contributed by atoms with Crippen LogP contribution in [0.2, 0.25) is 0 Å². The monoisotopic (exact) mass is 222 g/mol. The maximum Gasteiger partial charge on any atom is 0.146 e. The minimum Gasteiger partial charge on any atom is -0.310 e. The van der Waals surface area contributed by atoms with E-state index in [1.165, 1.54) is 6.20 Å². The van der Waals surface area contributed by atoms with Gasteiger partial charge in [0.25, 0.3) is 0 Å². The highest BCUT2D eigenvalue weighted by atomic mass is 19.1. The van der Waals surface area contributed by atoms with Crippen molar-refractivity contribution in [1.82, 2.24) is 10.3 Å². The Morgan fingerprint density at radius 1 is 1.56 bits per heavy atom. The second-order valence-corrected chi connectivity index (χ2v) is 3.82. The number of pyridine rings is 1. The summed E-state index contributed by atoms with van der Waals surface area (Å²) in [5.41, 5.74) is 1.80. The van der Waals surface area contributed by atoms with Gasteiger partial charge in [-0.05, 0) is 25.5 Å². The quantitative estimate of drug-likeness (QED) is 0.747. The molecule has 0 aromatic carbocycles. The third-order valence-electron chi connectivity index (χ3n) is 2.62. The largest absolute Gasteiger partial charge is 0.310 e. The first-order chi connectivity index (χ1) is 7.69. The molecule has 1 N–H and O–H groups in total. The lowest BCUT2D eigenvalue weighted by Gasteiger charge is -2.19. The standard InChI is InChI=1S/C13H19FN2/c1-4-10(3)8-13(16-5-2)11-6-7-15-9-12(11)14/h6-7,9,13,16H,3-5,8H2,1-2H3. The first kappa shape index (κ1) is 12.8. The van der Waals surface area contributed by atoms with E-state index in [-0.39, 0.29) is 11.9 Å². The van der Waals surface area contributed by atoms with Crippen LogP contribution in [0, 0.1) is 5.82 Å². The summed E-state index contributed by atoms with van der Waals surface area (Å²) in [6.07, 6.45) is 4.58. The highest BCUT2D eigenvalue weighted by Gasteiger charge is 2.15. The van der Waals surface area contributed by atoms with E-state index in [9.17, 15) is 4.39 Å². The highest BCUT2D eigenvalue weighted by molar-refractivity contribution is 5.19. The Morgan fingerprint density at radius 2 is 2.31 bits per heavy atom. The third-order valence-corrected chi connectivity index (χ3v) is 2.62. The average molecular weight is 222 g/mol. The summed E-state index contributed by atoms with van der Waals surface area (Å²) in [7, 11) is 0. The summed E-state index contributed by atoms with van der Waals surface area (Å²) in [4.78, 5) is 3.76. The van der Waals surface area contributed by atoms with Crippen LogP contribution >= 0.6 is 0 Å². The first-order valence-corrected chi connectivity index (χ1v) is 5.68. The number of halogens is 1. The molecule has 1 unspecified atom stereocenters. The van der Waals surface area contributed by atoms with Crippen molar-refractivity contribution >= 4 is 0 Å². The van der Waals surface area contributed by atoms with Crippen LogP contribution in [0.3, 0.4) is 0 Å². The van der Waals surface area contributed by atoms with Crippen LogP contribution < -0.4 is 5.32 Å². The minimum absolute atomic E-state index is 0.000417. The molecule has 0 spiro atoms. The van der Waals surface area contributed by atoms with Crippen molar-refractivity contribution in [2.75, 3.05) is 6.54 Å². The molecular formula is C13H19FN2. The van der Waals surface area contributed by atoms with Gasteiger partial charge in [0.05, 0.1) is 6.20 Å². The van der Waals surface area contributed by atoms with Gasteiger partial charge in [0.15, 0.2) is 0 Å². The predicted octanol–water partition coefficient (Wildman–Crippen LogP) is 3.23. The lowest BCUT2D eigenvalue weighted by molar-refractivity contribution is 0.503. The van der Waals surface area contributed by atoms with Gasteiger partial charge < -0.3 is 5.32 Å². The molecule has 0 saturated heterocycles. The molecule has 0 saturated carbocycles. The van der Waals surface area contributed by atoms with Crippen molar-refractivity contribution in [2.45, 2.75) is 32.7 Å². The Bertz CT molecular complexity index is 350. The molecule has 0 amide bonds. The van der Waals surface area contributed by atoms with Crippen LogP contribution in [0.25, 0.3) is 0 Å². The number of aromatic nitrogens is 1. The molecule has 0 aliphatic heterocycles. The highest BCUT2D eigenvalue weighted by Crippen LogP contribution is 2.23. The molecule has 2 nitrogen and oxygen atoms in total. The zero-order valence-electron chi connectivity index (χ0n) is 9.96. The SMILES string of the molecule is C=C(CC)CC(NCC)c1ccncc1F. The molecule has 88 valence electrons. The Hall–Kier alpha value is -1.22. The minimum atomic E-state index is -0.252. The van der Waals surface area contributed by atoms with Crippen LogP contribution in [0.4, 0.5) is 4.39 Å². The van der Waals surface area contributed by atoms with Crippen molar-refractivity contribution in [3.63, 3.8) is 0 Å². The van der Waals surface area contributed by atoms with E-state index in [1.807, 2.05) is 6.92 Å². The van der Waals surface area contributed by atoms with Crippen molar-refractivity contribution < 1.29 is 4.39 Å². The molecule has 1 rings (SSSR count). The average Bonchev–Trinajstić information content (AvgIpc) is 2.29. The molecule has 1 heterocycles. The van der Waals surface area contributed by atoms with E-state index in [0.717, 1.165) is 25.0 Å². The van der Waals surface area contributed by atoms with Crippen molar-refractivity contribution in [3.05, 3.63) is 42.0 Å². The second-order valence-electron chi connectivity index (χ2n) is 3.82. The first-order valence-electron chi connectivity index (χ1n) is 5.68. The predicted molar refractivity (Wildman–Crippen MR) is 64.7 cm³/mol. The number of nitrogens with zero attached hydrogens (tertiary/aromatic N) is 1. The summed E-state index contributed by atoms with van der Waals surface area (Å²) in [5, 5.41) is 3.28. The van der Waals surface area contributed by atoms with Gasteiger partial charge >= 0.3 is 0 Å². The van der Waals surface area contributed by atoms with Crippen molar-refractivity contribution in [3.8, 4) is 0 Å². The lowest BCUT2D eigenvalue weighted by atomic mass is 9.99. The van der Waals surface area contributed by atoms with Crippen LogP contribution in [0.1, 0.15) is 38.3 Å². The summed E-state index contributed by atoms with van der Waals surface area (Å²) >= 11 is 0. The van der Waals surface area contributed by atoms with Gasteiger partial charge in [-0.1, -0.05) is 26.0 Å². The van der Waals surface area contributed by atoms with E-state index in [1.54, 1.807) is 12.3 Å². The Morgan fingerprint density at radius 3 is 2.88 bits per heavy atom. The molecule has 1 aromatic heterocycles. The molecule has 16 heavy (non-hydrogen) atoms. The Labute approximate surface area is 96.6 Å². The smallest absolute Gasteiger partial charge is 0.146 e. The molecule has 1 atom stereocenters. The van der Waals surface area contributed by atoms with E-state index >= 15 is 0 Å². The topological polar surface area (TPSA) is 24.9 Å². The molecule has 0 aliphatic rings. The molecule has 0 bridgehead atoms. The van der Waals surface area contributed by atoms with E-state index in [2.05, 4.69) is 23.8 Å². The maximum absolute atomic E-state index is 13.6. The number of hydrogen-bond donors (Lipinski definition) is 1. The molecular weight excluding hydrogens is 203 g/mol. The zero-order valence-corrected chi connectivity index (χ0v) is 9.96. The van der Waals surface area contributed by atoms with Gasteiger partial charge in [-0.15, -0.1) is 0 Å². The second kappa shape index (κ2) is 6.38. The summed E-state index contributed by atoms with van der Waals surface area (Å²) < 4.78 is 13.6. The lowest BCUT2D eigenvalue weighted by Crippen LogP contribution is -2.22. The van der Waals surface area contributed by atoms with Crippen LogP contribution in [0.5, 0.6) is 0 Å². The maximum atomic E-state index is 13.6. The van der Waals surface area contributed by atoms with Gasteiger partial charge in [-0.3, -0.25) is 4.98 Å². The summed E-state index contributed by atoms with van der Waals surface area (Å²) in [6, 6.07) is 1.73. The van der Waals surface area contributed by atoms with Crippen LogP contribution in [-0.2, 0) is 0 Å².